The van der Waals surface area contributed by atoms with Gasteiger partial charge in [-0.25, -0.2) is 9.18 Å². The first kappa shape index (κ1) is 19.2. The number of hydrogen-bond acceptors (Lipinski definition) is 6. The smallest absolute Gasteiger partial charge is 0.357 e. The SMILES string of the molecule is Cc1cc(-c2noc(CCC(=O)Nc3cccc4[nH]nc(C(=O)O)c34)n2)ccc1F. The molecule has 0 saturated carbocycles. The largest absolute Gasteiger partial charge is 0.476 e. The first-order valence-corrected chi connectivity index (χ1v) is 9.01. The fraction of sp³-hybridized carbons (Fsp3) is 0.150. The van der Waals surface area contributed by atoms with Gasteiger partial charge in [0.2, 0.25) is 17.6 Å². The zero-order valence-electron chi connectivity index (χ0n) is 15.8. The van der Waals surface area contributed by atoms with Crippen LogP contribution in [0, 0.1) is 12.7 Å². The fourth-order valence-corrected chi connectivity index (χ4v) is 3.02. The summed E-state index contributed by atoms with van der Waals surface area (Å²) in [7, 11) is 0. The molecule has 4 aromatic rings. The summed E-state index contributed by atoms with van der Waals surface area (Å²) in [5.41, 5.74) is 1.75. The highest BCUT2D eigenvalue weighted by Crippen LogP contribution is 2.25. The molecule has 0 aliphatic carbocycles. The van der Waals surface area contributed by atoms with Crippen LogP contribution < -0.4 is 5.32 Å². The number of hydrogen-bond donors (Lipinski definition) is 3. The van der Waals surface area contributed by atoms with Crippen molar-refractivity contribution >= 4 is 28.5 Å². The number of fused-ring (bicyclic) bond motifs is 1. The molecule has 152 valence electrons. The zero-order valence-corrected chi connectivity index (χ0v) is 15.8. The predicted octanol–water partition coefficient (Wildman–Crippen LogP) is 3.33. The molecule has 9 nitrogen and oxygen atoms in total. The van der Waals surface area contributed by atoms with E-state index in [2.05, 4.69) is 25.7 Å². The topological polar surface area (TPSA) is 134 Å². The lowest BCUT2D eigenvalue weighted by Crippen LogP contribution is -2.13. The lowest BCUT2D eigenvalue weighted by molar-refractivity contribution is -0.116. The lowest BCUT2D eigenvalue weighted by Gasteiger charge is -2.06. The Hall–Kier alpha value is -4.08. The molecule has 4 rings (SSSR count). The second-order valence-electron chi connectivity index (χ2n) is 6.63. The van der Waals surface area contributed by atoms with E-state index in [0.717, 1.165) is 0 Å². The minimum atomic E-state index is -1.20. The van der Waals surface area contributed by atoms with E-state index in [1.807, 2.05) is 0 Å². The minimum absolute atomic E-state index is 0.0424. The molecule has 0 unspecified atom stereocenters. The molecule has 3 N–H and O–H groups in total. The Morgan fingerprint density at radius 2 is 2.10 bits per heavy atom. The van der Waals surface area contributed by atoms with Gasteiger partial charge in [0.15, 0.2) is 5.69 Å². The molecule has 10 heteroatoms. The Balaban J connectivity index is 1.44. The summed E-state index contributed by atoms with van der Waals surface area (Å²) < 4.78 is 18.6. The van der Waals surface area contributed by atoms with Crippen LogP contribution in [0.5, 0.6) is 0 Å². The van der Waals surface area contributed by atoms with Crippen LogP contribution in [0.15, 0.2) is 40.9 Å². The highest BCUT2D eigenvalue weighted by molar-refractivity contribution is 6.09. The maximum atomic E-state index is 13.4. The third-order valence-electron chi connectivity index (χ3n) is 4.52. The average Bonchev–Trinajstić information content (AvgIpc) is 3.36. The number of anilines is 1. The van der Waals surface area contributed by atoms with E-state index in [0.29, 0.717) is 33.5 Å². The normalized spacial score (nSPS) is 11.0. The van der Waals surface area contributed by atoms with Gasteiger partial charge in [-0.15, -0.1) is 0 Å². The van der Waals surface area contributed by atoms with Gasteiger partial charge in [0.25, 0.3) is 0 Å². The number of halogens is 1. The Labute approximate surface area is 168 Å². The molecule has 0 saturated heterocycles. The highest BCUT2D eigenvalue weighted by atomic mass is 19.1. The van der Waals surface area contributed by atoms with Gasteiger partial charge in [-0.1, -0.05) is 11.2 Å². The second-order valence-corrected chi connectivity index (χ2v) is 6.63. The van der Waals surface area contributed by atoms with E-state index >= 15 is 0 Å². The maximum absolute atomic E-state index is 13.4. The molecule has 0 fully saturated rings. The van der Waals surface area contributed by atoms with Crippen LogP contribution in [0.2, 0.25) is 0 Å². The number of carboxylic acids is 1. The van der Waals surface area contributed by atoms with Crippen LogP contribution >= 0.6 is 0 Å². The van der Waals surface area contributed by atoms with Crippen molar-refractivity contribution in [3.63, 3.8) is 0 Å². The lowest BCUT2D eigenvalue weighted by atomic mass is 10.1. The number of carbonyl (C=O) groups excluding carboxylic acids is 1. The Morgan fingerprint density at radius 3 is 2.87 bits per heavy atom. The van der Waals surface area contributed by atoms with Crippen molar-refractivity contribution in [3.8, 4) is 11.4 Å². The van der Waals surface area contributed by atoms with Crippen LogP contribution in [0.1, 0.15) is 28.4 Å². The molecular formula is C20H16FN5O4. The molecule has 2 aromatic carbocycles. The minimum Gasteiger partial charge on any atom is -0.476 e. The number of aryl methyl sites for hydroxylation is 2. The van der Waals surface area contributed by atoms with Gasteiger partial charge in [0.05, 0.1) is 16.6 Å². The van der Waals surface area contributed by atoms with Gasteiger partial charge in [-0.05, 0) is 42.8 Å². The number of aromatic nitrogens is 4. The molecule has 30 heavy (non-hydrogen) atoms. The van der Waals surface area contributed by atoms with E-state index in [4.69, 9.17) is 4.52 Å². The monoisotopic (exact) mass is 409 g/mol. The third-order valence-corrected chi connectivity index (χ3v) is 4.52. The van der Waals surface area contributed by atoms with Crippen molar-refractivity contribution in [2.75, 3.05) is 5.32 Å². The highest BCUT2D eigenvalue weighted by Gasteiger charge is 2.18. The quantitative estimate of drug-likeness (QED) is 0.445. The summed E-state index contributed by atoms with van der Waals surface area (Å²) in [5, 5.41) is 22.5. The summed E-state index contributed by atoms with van der Waals surface area (Å²) in [5.74, 6) is -1.30. The molecule has 2 heterocycles. The van der Waals surface area contributed by atoms with Crippen LogP contribution in [-0.4, -0.2) is 37.3 Å². The van der Waals surface area contributed by atoms with Gasteiger partial charge in [-0.2, -0.15) is 10.1 Å². The van der Waals surface area contributed by atoms with E-state index in [9.17, 15) is 19.1 Å². The molecular weight excluding hydrogens is 393 g/mol. The number of rotatable bonds is 6. The summed E-state index contributed by atoms with van der Waals surface area (Å²) >= 11 is 0. The summed E-state index contributed by atoms with van der Waals surface area (Å²) in [6.07, 6.45) is 0.229. The molecule has 0 spiro atoms. The van der Waals surface area contributed by atoms with Gasteiger partial charge in [0, 0.05) is 18.4 Å². The number of carbonyl (C=O) groups is 2. The maximum Gasteiger partial charge on any atom is 0.357 e. The zero-order chi connectivity index (χ0) is 21.3. The second kappa shape index (κ2) is 7.74. The van der Waals surface area contributed by atoms with Crippen molar-refractivity contribution in [2.45, 2.75) is 19.8 Å². The fourth-order valence-electron chi connectivity index (χ4n) is 3.02. The molecule has 0 aliphatic rings. The first-order valence-electron chi connectivity index (χ1n) is 9.01. The number of H-pyrrole nitrogens is 1. The first-order chi connectivity index (χ1) is 14.4. The summed E-state index contributed by atoms with van der Waals surface area (Å²) in [4.78, 5) is 27.9. The third kappa shape index (κ3) is 3.75. The molecule has 0 atom stereocenters. The van der Waals surface area contributed by atoms with Gasteiger partial charge in [0.1, 0.15) is 5.82 Å². The van der Waals surface area contributed by atoms with Gasteiger partial charge in [-0.3, -0.25) is 9.89 Å². The van der Waals surface area contributed by atoms with Crippen LogP contribution in [0.3, 0.4) is 0 Å². The number of nitrogens with one attached hydrogen (secondary N) is 2. The standard InChI is InChI=1S/C20H16FN5O4/c1-10-9-11(5-6-12(10)21)19-23-16(30-26-19)8-7-15(27)22-13-3-2-4-14-17(13)18(20(28)29)25-24-14/h2-6,9H,7-8H2,1H3,(H,22,27)(H,24,25)(H,28,29). The molecule has 2 aromatic heterocycles. The van der Waals surface area contributed by atoms with Crippen LogP contribution in [-0.2, 0) is 11.2 Å². The number of amides is 1. The van der Waals surface area contributed by atoms with Crippen LogP contribution in [0.25, 0.3) is 22.3 Å². The Bertz CT molecular complexity index is 1260. The summed E-state index contributed by atoms with van der Waals surface area (Å²) in [6.45, 7) is 1.64. The predicted molar refractivity (Wildman–Crippen MR) is 104 cm³/mol. The summed E-state index contributed by atoms with van der Waals surface area (Å²) in [6, 6.07) is 9.44. The van der Waals surface area contributed by atoms with Crippen molar-refractivity contribution < 1.29 is 23.6 Å². The van der Waals surface area contributed by atoms with E-state index in [-0.39, 0.29) is 36.2 Å². The molecule has 0 radical (unpaired) electrons. The number of carboxylic acid groups (broad SMARTS) is 1. The van der Waals surface area contributed by atoms with Gasteiger partial charge >= 0.3 is 5.97 Å². The van der Waals surface area contributed by atoms with E-state index in [1.54, 1.807) is 37.3 Å². The molecule has 0 bridgehead atoms. The number of aromatic carboxylic acids is 1. The van der Waals surface area contributed by atoms with Crippen molar-refractivity contribution in [2.24, 2.45) is 0 Å². The van der Waals surface area contributed by atoms with Crippen molar-refractivity contribution in [1.29, 1.82) is 0 Å². The number of benzene rings is 2. The van der Waals surface area contributed by atoms with Crippen molar-refractivity contribution in [3.05, 3.63) is 59.4 Å². The van der Waals surface area contributed by atoms with Crippen molar-refractivity contribution in [1.82, 2.24) is 20.3 Å². The average molecular weight is 409 g/mol. The number of nitrogens with zero attached hydrogens (tertiary/aromatic N) is 3. The Morgan fingerprint density at radius 1 is 1.27 bits per heavy atom. The van der Waals surface area contributed by atoms with E-state index in [1.165, 1.54) is 6.07 Å². The van der Waals surface area contributed by atoms with Crippen LogP contribution in [0.4, 0.5) is 10.1 Å². The molecule has 1 amide bonds. The number of aromatic amines is 1. The van der Waals surface area contributed by atoms with E-state index < -0.39 is 5.97 Å². The molecule has 0 aliphatic heterocycles. The Kier molecular flexibility index (Phi) is 4.97. The van der Waals surface area contributed by atoms with Gasteiger partial charge < -0.3 is 14.9 Å².